The minimum atomic E-state index is -3.93. The van der Waals surface area contributed by atoms with Gasteiger partial charge in [0.2, 0.25) is 0 Å². The van der Waals surface area contributed by atoms with E-state index in [4.69, 9.17) is 16.3 Å². The van der Waals surface area contributed by atoms with Crippen molar-refractivity contribution in [2.24, 2.45) is 7.05 Å². The smallest absolute Gasteiger partial charge is 0.301 e. The van der Waals surface area contributed by atoms with E-state index < -0.39 is 43.9 Å². The van der Waals surface area contributed by atoms with Gasteiger partial charge in [0.1, 0.15) is 10.4 Å². The number of nitrogens with zero attached hydrogens (tertiary/aromatic N) is 3. The summed E-state index contributed by atoms with van der Waals surface area (Å²) in [4.78, 5) is 16.2. The second-order valence-corrected chi connectivity index (χ2v) is 8.42. The first-order valence-electron chi connectivity index (χ1n) is 8.03. The van der Waals surface area contributed by atoms with E-state index in [0.29, 0.717) is 0 Å². The highest BCUT2D eigenvalue weighted by molar-refractivity contribution is 7.90. The van der Waals surface area contributed by atoms with Crippen molar-refractivity contribution in [2.75, 3.05) is 18.8 Å². The Hall–Kier alpha value is -2.76. The highest BCUT2D eigenvalue weighted by atomic mass is 35.5. The Morgan fingerprint density at radius 2 is 1.90 bits per heavy atom. The van der Waals surface area contributed by atoms with Gasteiger partial charge in [0.15, 0.2) is 23.1 Å². The maximum absolute atomic E-state index is 14.9. The minimum Gasteiger partial charge on any atom is -0.450 e. The Bertz CT molecular complexity index is 1280. The van der Waals surface area contributed by atoms with Crippen molar-refractivity contribution in [3.63, 3.8) is 0 Å². The van der Waals surface area contributed by atoms with E-state index in [0.717, 1.165) is 27.1 Å². The summed E-state index contributed by atoms with van der Waals surface area (Å²) in [7, 11) is 0.0480. The van der Waals surface area contributed by atoms with Gasteiger partial charge in [-0.15, -0.1) is 0 Å². The zero-order valence-electron chi connectivity index (χ0n) is 15.4. The van der Waals surface area contributed by atoms with E-state index in [9.17, 15) is 22.0 Å². The molecule has 2 aromatic carbocycles. The van der Waals surface area contributed by atoms with E-state index >= 15 is 0 Å². The summed E-state index contributed by atoms with van der Waals surface area (Å²) < 4.78 is 62.6. The molecule has 0 radical (unpaired) electrons. The van der Waals surface area contributed by atoms with Crippen LogP contribution < -0.4 is 15.0 Å². The lowest BCUT2D eigenvalue weighted by molar-refractivity contribution is 0.417. The van der Waals surface area contributed by atoms with Gasteiger partial charge in [-0.25, -0.2) is 13.8 Å². The Morgan fingerprint density at radius 1 is 1.21 bits per heavy atom. The Kier molecular flexibility index (Phi) is 5.48. The van der Waals surface area contributed by atoms with Crippen LogP contribution in [0.3, 0.4) is 0 Å². The number of aryl methyl sites for hydroxylation is 1. The van der Waals surface area contributed by atoms with E-state index in [-0.39, 0.29) is 16.6 Å². The second kappa shape index (κ2) is 7.58. The highest BCUT2D eigenvalue weighted by Crippen LogP contribution is 2.39. The van der Waals surface area contributed by atoms with E-state index in [2.05, 4.69) is 9.71 Å². The fourth-order valence-corrected chi connectivity index (χ4v) is 3.28. The molecular formula is C17H15ClF2N4O4S. The third-order valence-electron chi connectivity index (χ3n) is 3.97. The van der Waals surface area contributed by atoms with Crippen LogP contribution in [0.4, 0.5) is 14.5 Å². The van der Waals surface area contributed by atoms with Gasteiger partial charge in [0.05, 0.1) is 17.5 Å². The zero-order chi connectivity index (χ0) is 21.5. The van der Waals surface area contributed by atoms with E-state index in [1.54, 1.807) is 0 Å². The number of benzene rings is 2. The van der Waals surface area contributed by atoms with E-state index in [1.807, 2.05) is 0 Å². The summed E-state index contributed by atoms with van der Waals surface area (Å²) in [6, 6.07) is 4.51. The Balaban J connectivity index is 2.09. The SMILES string of the molecule is CN(C)S(=O)(=O)Nc1ccc(F)c(Oc2ccc3ncn(C)c(=O)c3c2F)c1Cl. The zero-order valence-corrected chi connectivity index (χ0v) is 17.0. The topological polar surface area (TPSA) is 93.5 Å². The van der Waals surface area contributed by atoms with Gasteiger partial charge in [0.25, 0.3) is 5.56 Å². The second-order valence-electron chi connectivity index (χ2n) is 6.16. The molecule has 0 aliphatic rings. The van der Waals surface area contributed by atoms with Crippen molar-refractivity contribution < 1.29 is 21.9 Å². The highest BCUT2D eigenvalue weighted by Gasteiger charge is 2.22. The van der Waals surface area contributed by atoms with Crippen molar-refractivity contribution in [3.05, 3.63) is 57.6 Å². The number of ether oxygens (including phenoxy) is 1. The molecule has 0 fully saturated rings. The number of halogens is 3. The molecule has 0 bridgehead atoms. The molecule has 0 saturated carbocycles. The predicted octanol–water partition coefficient (Wildman–Crippen LogP) is 2.88. The average molecular weight is 445 g/mol. The molecule has 1 aromatic heterocycles. The van der Waals surface area contributed by atoms with Gasteiger partial charge in [0, 0.05) is 21.1 Å². The molecule has 29 heavy (non-hydrogen) atoms. The van der Waals surface area contributed by atoms with Gasteiger partial charge in [-0.3, -0.25) is 9.52 Å². The van der Waals surface area contributed by atoms with Gasteiger partial charge >= 0.3 is 10.2 Å². The van der Waals surface area contributed by atoms with E-state index in [1.165, 1.54) is 33.5 Å². The van der Waals surface area contributed by atoms with Gasteiger partial charge in [-0.2, -0.15) is 12.7 Å². The maximum atomic E-state index is 14.9. The largest absolute Gasteiger partial charge is 0.450 e. The summed E-state index contributed by atoms with van der Waals surface area (Å²) in [5, 5.41) is -0.762. The number of nitrogens with one attached hydrogen (secondary N) is 1. The molecule has 0 atom stereocenters. The molecule has 8 nitrogen and oxygen atoms in total. The number of fused-ring (bicyclic) bond motifs is 1. The Labute approximate surface area is 169 Å². The molecule has 1 N–H and O–H groups in total. The van der Waals surface area contributed by atoms with Crippen molar-refractivity contribution in [1.82, 2.24) is 13.9 Å². The number of hydrogen-bond acceptors (Lipinski definition) is 5. The van der Waals surface area contributed by atoms with Crippen molar-refractivity contribution in [3.8, 4) is 11.5 Å². The molecule has 154 valence electrons. The van der Waals surface area contributed by atoms with Crippen LogP contribution in [-0.2, 0) is 17.3 Å². The predicted molar refractivity (Wildman–Crippen MR) is 105 cm³/mol. The van der Waals surface area contributed by atoms with Gasteiger partial charge in [-0.1, -0.05) is 11.6 Å². The molecule has 3 aromatic rings. The first kappa shape index (κ1) is 21.0. The molecule has 12 heteroatoms. The van der Waals surface area contributed by atoms with Crippen LogP contribution in [0, 0.1) is 11.6 Å². The summed E-state index contributed by atoms with van der Waals surface area (Å²) in [6.45, 7) is 0. The molecule has 0 amide bonds. The lowest BCUT2D eigenvalue weighted by atomic mass is 10.2. The molecule has 0 spiro atoms. The first-order valence-corrected chi connectivity index (χ1v) is 9.84. The molecule has 0 aliphatic heterocycles. The quantitative estimate of drug-likeness (QED) is 0.653. The number of aromatic nitrogens is 2. The fraction of sp³-hybridized carbons (Fsp3) is 0.176. The van der Waals surface area contributed by atoms with Crippen molar-refractivity contribution in [2.45, 2.75) is 0 Å². The van der Waals surface area contributed by atoms with Crippen LogP contribution in [0.1, 0.15) is 0 Å². The molecular weight excluding hydrogens is 430 g/mol. The van der Waals surface area contributed by atoms with Crippen molar-refractivity contribution in [1.29, 1.82) is 0 Å². The van der Waals surface area contributed by atoms with Crippen molar-refractivity contribution >= 4 is 38.4 Å². The lowest BCUT2D eigenvalue weighted by Gasteiger charge is -2.17. The number of anilines is 1. The number of hydrogen-bond donors (Lipinski definition) is 1. The molecule has 1 heterocycles. The molecule has 0 unspecified atom stereocenters. The number of rotatable bonds is 5. The fourth-order valence-electron chi connectivity index (χ4n) is 2.36. The average Bonchev–Trinajstić information content (AvgIpc) is 2.65. The van der Waals surface area contributed by atoms with Gasteiger partial charge < -0.3 is 9.30 Å². The molecule has 0 aliphatic carbocycles. The normalized spacial score (nSPS) is 11.8. The molecule has 3 rings (SSSR count). The standard InChI is InChI=1S/C17H15ClF2N4O4S/c1-23(2)29(26,27)22-11-5-4-9(19)16(14(11)18)28-12-7-6-10-13(15(12)20)17(25)24(3)8-21-10/h4-8,22H,1-3H3. The molecule has 0 saturated heterocycles. The summed E-state index contributed by atoms with van der Waals surface area (Å²) >= 11 is 6.09. The summed E-state index contributed by atoms with van der Waals surface area (Å²) in [5.41, 5.74) is -0.732. The van der Waals surface area contributed by atoms with Crippen LogP contribution in [0.5, 0.6) is 11.5 Å². The van der Waals surface area contributed by atoms with Gasteiger partial charge in [-0.05, 0) is 24.3 Å². The van der Waals surface area contributed by atoms with Crippen LogP contribution in [-0.4, -0.2) is 36.4 Å². The van der Waals surface area contributed by atoms with Crippen LogP contribution in [0.25, 0.3) is 10.9 Å². The third kappa shape index (κ3) is 3.88. The summed E-state index contributed by atoms with van der Waals surface area (Å²) in [6.07, 6.45) is 1.24. The van der Waals surface area contributed by atoms with Crippen LogP contribution in [0.2, 0.25) is 5.02 Å². The maximum Gasteiger partial charge on any atom is 0.301 e. The third-order valence-corrected chi connectivity index (χ3v) is 5.78. The first-order chi connectivity index (χ1) is 13.5. The van der Waals surface area contributed by atoms with Crippen LogP contribution >= 0.6 is 11.6 Å². The minimum absolute atomic E-state index is 0.0945. The monoisotopic (exact) mass is 444 g/mol. The Morgan fingerprint density at radius 3 is 2.55 bits per heavy atom. The van der Waals surface area contributed by atoms with Crippen LogP contribution in [0.15, 0.2) is 35.4 Å². The lowest BCUT2D eigenvalue weighted by Crippen LogP contribution is -2.29. The summed E-state index contributed by atoms with van der Waals surface area (Å²) in [5.74, 6) is -3.09.